The Hall–Kier alpha value is -2.02. The number of hydrogen-bond acceptors (Lipinski definition) is 5. The summed E-state index contributed by atoms with van der Waals surface area (Å²) in [5.41, 5.74) is 0.354. The van der Waals surface area contributed by atoms with Gasteiger partial charge in [0.05, 0.1) is 25.2 Å². The van der Waals surface area contributed by atoms with Crippen LogP contribution in [0, 0.1) is 5.82 Å². The number of benzene rings is 1. The average Bonchev–Trinajstić information content (AvgIpc) is 2.42. The largest absolute Gasteiger partial charge is 0.464 e. The first-order chi connectivity index (χ1) is 9.10. The van der Waals surface area contributed by atoms with E-state index in [-0.39, 0.29) is 11.4 Å². The van der Waals surface area contributed by atoms with Gasteiger partial charge in [0.15, 0.2) is 5.69 Å². The van der Waals surface area contributed by atoms with Crippen LogP contribution in [0.5, 0.6) is 0 Å². The summed E-state index contributed by atoms with van der Waals surface area (Å²) in [5.74, 6) is -0.670. The van der Waals surface area contributed by atoms with Gasteiger partial charge in [0.1, 0.15) is 11.6 Å². The molecule has 19 heavy (non-hydrogen) atoms. The second-order valence-corrected chi connectivity index (χ2v) is 4.44. The zero-order valence-electron chi connectivity index (χ0n) is 9.85. The van der Waals surface area contributed by atoms with Crippen LogP contribution in [0.3, 0.4) is 0 Å². The van der Waals surface area contributed by atoms with Gasteiger partial charge in [-0.3, -0.25) is 0 Å². The molecule has 0 fully saturated rings. The summed E-state index contributed by atoms with van der Waals surface area (Å²) in [7, 11) is 1.26. The molecule has 0 aliphatic rings. The summed E-state index contributed by atoms with van der Waals surface area (Å²) >= 11 is 3.17. The zero-order valence-corrected chi connectivity index (χ0v) is 11.4. The summed E-state index contributed by atoms with van der Waals surface area (Å²) < 4.78 is 18.7. The zero-order chi connectivity index (χ0) is 13.8. The Morgan fingerprint density at radius 3 is 2.74 bits per heavy atom. The predicted octanol–water partition coefficient (Wildman–Crippen LogP) is 2.91. The van der Waals surface area contributed by atoms with E-state index in [1.807, 2.05) is 0 Å². The summed E-state index contributed by atoms with van der Waals surface area (Å²) in [6, 6.07) is 4.59. The maximum absolute atomic E-state index is 13.6. The van der Waals surface area contributed by atoms with Crippen molar-refractivity contribution in [1.29, 1.82) is 0 Å². The first kappa shape index (κ1) is 13.4. The monoisotopic (exact) mass is 325 g/mol. The highest BCUT2D eigenvalue weighted by molar-refractivity contribution is 9.10. The lowest BCUT2D eigenvalue weighted by Crippen LogP contribution is -2.06. The fraction of sp³-hybridized carbons (Fsp3) is 0.0833. The van der Waals surface area contributed by atoms with E-state index in [1.54, 1.807) is 12.1 Å². The van der Waals surface area contributed by atoms with Crippen LogP contribution in [0.2, 0.25) is 0 Å². The average molecular weight is 326 g/mol. The molecule has 0 amide bonds. The molecule has 2 rings (SSSR count). The highest BCUT2D eigenvalue weighted by Gasteiger charge is 2.08. The van der Waals surface area contributed by atoms with Crippen molar-refractivity contribution in [1.82, 2.24) is 9.97 Å². The molecule has 0 spiro atoms. The molecule has 0 saturated heterocycles. The lowest BCUT2D eigenvalue weighted by Gasteiger charge is -2.07. The Morgan fingerprint density at radius 1 is 1.37 bits per heavy atom. The van der Waals surface area contributed by atoms with E-state index in [2.05, 4.69) is 36.0 Å². The van der Waals surface area contributed by atoms with E-state index >= 15 is 0 Å². The van der Waals surface area contributed by atoms with Gasteiger partial charge in [-0.25, -0.2) is 19.2 Å². The molecule has 0 bridgehead atoms. The van der Waals surface area contributed by atoms with Gasteiger partial charge >= 0.3 is 5.97 Å². The Balaban J connectivity index is 2.17. The van der Waals surface area contributed by atoms with Crippen molar-refractivity contribution in [3.05, 3.63) is 46.6 Å². The molecule has 98 valence electrons. The van der Waals surface area contributed by atoms with Crippen molar-refractivity contribution in [3.8, 4) is 0 Å². The SMILES string of the molecule is COC(=O)c1cnc(Nc2ccc(Br)cc2F)cn1. The van der Waals surface area contributed by atoms with Crippen molar-refractivity contribution < 1.29 is 13.9 Å². The number of nitrogens with zero attached hydrogens (tertiary/aromatic N) is 2. The molecular weight excluding hydrogens is 317 g/mol. The molecule has 0 aliphatic heterocycles. The standard InChI is InChI=1S/C12H9BrFN3O2/c1-19-12(18)10-5-16-11(6-15-10)17-9-3-2-7(13)4-8(9)14/h2-6H,1H3,(H,16,17). The van der Waals surface area contributed by atoms with Crippen LogP contribution in [-0.4, -0.2) is 23.0 Å². The normalized spacial score (nSPS) is 10.1. The Morgan fingerprint density at radius 2 is 2.16 bits per heavy atom. The quantitative estimate of drug-likeness (QED) is 0.879. The van der Waals surface area contributed by atoms with Crippen LogP contribution in [0.4, 0.5) is 15.9 Å². The van der Waals surface area contributed by atoms with E-state index < -0.39 is 11.8 Å². The van der Waals surface area contributed by atoms with Gasteiger partial charge in [-0.1, -0.05) is 15.9 Å². The molecule has 0 unspecified atom stereocenters. The summed E-state index contributed by atoms with van der Waals surface area (Å²) in [6.07, 6.45) is 2.58. The van der Waals surface area contributed by atoms with E-state index in [1.165, 1.54) is 25.6 Å². The maximum atomic E-state index is 13.6. The maximum Gasteiger partial charge on any atom is 0.358 e. The number of ether oxygens (including phenoxy) is 1. The molecule has 0 aliphatic carbocycles. The summed E-state index contributed by atoms with van der Waals surface area (Å²) in [6.45, 7) is 0. The van der Waals surface area contributed by atoms with Crippen molar-refractivity contribution in [2.24, 2.45) is 0 Å². The van der Waals surface area contributed by atoms with Crippen molar-refractivity contribution >= 4 is 33.4 Å². The van der Waals surface area contributed by atoms with Crippen molar-refractivity contribution in [2.75, 3.05) is 12.4 Å². The number of methoxy groups -OCH3 is 1. The highest BCUT2D eigenvalue weighted by atomic mass is 79.9. The number of aromatic nitrogens is 2. The number of hydrogen-bond donors (Lipinski definition) is 1. The molecule has 0 atom stereocenters. The lowest BCUT2D eigenvalue weighted by molar-refractivity contribution is 0.0593. The van der Waals surface area contributed by atoms with Crippen LogP contribution < -0.4 is 5.32 Å². The van der Waals surface area contributed by atoms with Gasteiger partial charge in [-0.2, -0.15) is 0 Å². The van der Waals surface area contributed by atoms with Crippen LogP contribution in [-0.2, 0) is 4.74 Å². The minimum Gasteiger partial charge on any atom is -0.464 e. The van der Waals surface area contributed by atoms with Gasteiger partial charge in [0, 0.05) is 4.47 Å². The number of anilines is 2. The first-order valence-electron chi connectivity index (χ1n) is 5.22. The van der Waals surface area contributed by atoms with Gasteiger partial charge in [-0.05, 0) is 18.2 Å². The third kappa shape index (κ3) is 3.25. The topological polar surface area (TPSA) is 64.1 Å². The van der Waals surface area contributed by atoms with Gasteiger partial charge in [0.25, 0.3) is 0 Å². The summed E-state index contributed by atoms with van der Waals surface area (Å²) in [4.78, 5) is 19.0. The van der Waals surface area contributed by atoms with E-state index in [0.29, 0.717) is 10.3 Å². The number of halogens is 2. The van der Waals surface area contributed by atoms with Crippen LogP contribution in [0.25, 0.3) is 0 Å². The van der Waals surface area contributed by atoms with Gasteiger partial charge < -0.3 is 10.1 Å². The molecule has 5 nitrogen and oxygen atoms in total. The molecule has 2 aromatic rings. The molecule has 1 N–H and O–H groups in total. The molecule has 1 aromatic carbocycles. The fourth-order valence-electron chi connectivity index (χ4n) is 1.33. The first-order valence-corrected chi connectivity index (χ1v) is 6.02. The van der Waals surface area contributed by atoms with Crippen molar-refractivity contribution in [3.63, 3.8) is 0 Å². The van der Waals surface area contributed by atoms with Crippen LogP contribution >= 0.6 is 15.9 Å². The van der Waals surface area contributed by atoms with Crippen LogP contribution in [0.15, 0.2) is 35.1 Å². The smallest absolute Gasteiger partial charge is 0.358 e. The van der Waals surface area contributed by atoms with Gasteiger partial charge in [0.2, 0.25) is 0 Å². The minimum atomic E-state index is -0.575. The van der Waals surface area contributed by atoms with Gasteiger partial charge in [-0.15, -0.1) is 0 Å². The summed E-state index contributed by atoms with van der Waals surface area (Å²) in [5, 5.41) is 2.76. The molecule has 7 heteroatoms. The Kier molecular flexibility index (Phi) is 4.06. The Bertz CT molecular complexity index is 604. The molecule has 0 radical (unpaired) electrons. The number of carbonyl (C=O) groups is 1. The fourth-order valence-corrected chi connectivity index (χ4v) is 1.66. The number of carbonyl (C=O) groups excluding carboxylic acids is 1. The second kappa shape index (κ2) is 5.75. The second-order valence-electron chi connectivity index (χ2n) is 3.53. The van der Waals surface area contributed by atoms with E-state index in [0.717, 1.165) is 0 Å². The molecular formula is C12H9BrFN3O2. The predicted molar refractivity (Wildman–Crippen MR) is 70.8 cm³/mol. The number of esters is 1. The third-order valence-corrected chi connectivity index (χ3v) is 2.73. The molecule has 1 heterocycles. The number of nitrogens with one attached hydrogen (secondary N) is 1. The van der Waals surface area contributed by atoms with Crippen molar-refractivity contribution in [2.45, 2.75) is 0 Å². The third-order valence-electron chi connectivity index (χ3n) is 2.24. The molecule has 0 saturated carbocycles. The minimum absolute atomic E-state index is 0.0873. The van der Waals surface area contributed by atoms with E-state index in [4.69, 9.17) is 0 Å². The number of rotatable bonds is 3. The Labute approximate surface area is 117 Å². The molecule has 1 aromatic heterocycles. The van der Waals surface area contributed by atoms with Crippen LogP contribution in [0.1, 0.15) is 10.5 Å². The van der Waals surface area contributed by atoms with E-state index in [9.17, 15) is 9.18 Å². The highest BCUT2D eigenvalue weighted by Crippen LogP contribution is 2.21. The lowest BCUT2D eigenvalue weighted by atomic mass is 10.3.